The molecule has 2 aliphatic carbocycles. The molecule has 220 valence electrons. The minimum Gasteiger partial charge on any atom is -0.326 e. The number of anilines is 1. The van der Waals surface area contributed by atoms with Crippen LogP contribution in [-0.4, -0.2) is 40.6 Å². The van der Waals surface area contributed by atoms with Crippen LogP contribution in [0.3, 0.4) is 0 Å². The molecule has 5 heterocycles. The Hall–Kier alpha value is -4.64. The predicted molar refractivity (Wildman–Crippen MR) is 160 cm³/mol. The van der Waals surface area contributed by atoms with Crippen LogP contribution in [0.4, 0.5) is 10.1 Å². The maximum Gasteiger partial charge on any atom is 0.252 e. The van der Waals surface area contributed by atoms with E-state index < -0.39 is 12.0 Å². The summed E-state index contributed by atoms with van der Waals surface area (Å²) >= 11 is 6.36. The summed E-state index contributed by atoms with van der Waals surface area (Å²) < 4.78 is 18.8. The van der Waals surface area contributed by atoms with Crippen molar-refractivity contribution < 1.29 is 9.18 Å². The quantitative estimate of drug-likeness (QED) is 0.270. The van der Waals surface area contributed by atoms with Gasteiger partial charge in [-0.15, -0.1) is 5.10 Å². The summed E-state index contributed by atoms with van der Waals surface area (Å²) in [6.45, 7) is 0. The molecule has 2 aliphatic heterocycles. The van der Waals surface area contributed by atoms with Gasteiger partial charge in [0.15, 0.2) is 0 Å². The summed E-state index contributed by atoms with van der Waals surface area (Å²) in [7, 11) is 0. The monoisotopic (exact) mass is 608 g/mol. The third-order valence-electron chi connectivity index (χ3n) is 9.61. The Labute approximate surface area is 255 Å². The molecule has 2 aromatic carbocycles. The van der Waals surface area contributed by atoms with Crippen LogP contribution in [0.2, 0.25) is 5.02 Å². The number of aromatic amines is 1. The first-order chi connectivity index (χ1) is 21.4. The van der Waals surface area contributed by atoms with Gasteiger partial charge in [-0.2, -0.15) is 9.07 Å². The molecule has 4 atom stereocenters. The number of H-pyrrole nitrogens is 1. The molecule has 2 N–H and O–H groups in total. The van der Waals surface area contributed by atoms with Gasteiger partial charge in [-0.25, -0.2) is 4.98 Å². The molecule has 4 unspecified atom stereocenters. The van der Waals surface area contributed by atoms with Crippen LogP contribution in [0.15, 0.2) is 59.7 Å². The van der Waals surface area contributed by atoms with Crippen molar-refractivity contribution in [2.45, 2.75) is 44.1 Å². The number of pyridine rings is 1. The molecule has 0 bridgehead atoms. The number of rotatable bonds is 6. The van der Waals surface area contributed by atoms with Crippen molar-refractivity contribution in [2.24, 2.45) is 17.8 Å². The first-order valence-corrected chi connectivity index (χ1v) is 15.3. The van der Waals surface area contributed by atoms with Crippen LogP contribution < -0.4 is 10.9 Å². The number of tetrazole rings is 1. The van der Waals surface area contributed by atoms with Crippen LogP contribution in [0.1, 0.15) is 54.7 Å². The van der Waals surface area contributed by atoms with Crippen LogP contribution in [0, 0.1) is 23.7 Å². The number of nitrogens with one attached hydrogen (secondary N) is 2. The van der Waals surface area contributed by atoms with Gasteiger partial charge in [-0.1, -0.05) is 30.5 Å². The van der Waals surface area contributed by atoms with E-state index >= 15 is 4.39 Å². The van der Waals surface area contributed by atoms with E-state index in [1.165, 1.54) is 23.9 Å². The highest BCUT2D eigenvalue weighted by atomic mass is 35.5. The fourth-order valence-corrected chi connectivity index (χ4v) is 7.41. The molecule has 0 spiro atoms. The van der Waals surface area contributed by atoms with E-state index in [2.05, 4.69) is 25.8 Å². The van der Waals surface area contributed by atoms with Crippen molar-refractivity contribution >= 4 is 23.2 Å². The summed E-state index contributed by atoms with van der Waals surface area (Å²) in [6.07, 6.45) is 6.31. The SMILES string of the molecule is O=C1Nc2ccc(-c3nc(C4C5CC5c5cc(-c6cc(Cl)ccc6-n6cnnn6)cc(=O)n54)[nH]c3F)cc2CC1CC1CC1. The van der Waals surface area contributed by atoms with Gasteiger partial charge < -0.3 is 14.9 Å². The number of benzene rings is 2. The summed E-state index contributed by atoms with van der Waals surface area (Å²) in [5, 5.41) is 15.1. The standard InChI is InChI=1S/C32H26ClFN8O2/c33-20-4-6-25(41-14-35-39-40-41)21(12-20)17-10-26-22-13-23(22)29(42(26)27(43)11-17)31-37-28(30(34)38-31)16-3-5-24-18(8-16)9-19(32(44)36-24)7-15-1-2-15/h3-6,8,10-12,14-15,19,22-23,29H,1-2,7,9,13H2,(H,36,44)(H,37,38). The van der Waals surface area contributed by atoms with Gasteiger partial charge >= 0.3 is 0 Å². The third-order valence-corrected chi connectivity index (χ3v) is 9.85. The Morgan fingerprint density at radius 2 is 1.93 bits per heavy atom. The topological polar surface area (TPSA) is 123 Å². The molecule has 44 heavy (non-hydrogen) atoms. The number of amides is 1. The van der Waals surface area contributed by atoms with Crippen LogP contribution in [0.25, 0.3) is 28.1 Å². The Morgan fingerprint density at radius 3 is 2.75 bits per heavy atom. The molecule has 2 saturated carbocycles. The minimum absolute atomic E-state index is 0.0562. The summed E-state index contributed by atoms with van der Waals surface area (Å²) in [5.41, 5.74) is 5.50. The molecular formula is C32H26ClFN8O2. The summed E-state index contributed by atoms with van der Waals surface area (Å²) in [4.78, 5) is 33.9. The van der Waals surface area contributed by atoms with Crippen LogP contribution in [0.5, 0.6) is 0 Å². The van der Waals surface area contributed by atoms with Crippen molar-refractivity contribution in [1.29, 1.82) is 0 Å². The lowest BCUT2D eigenvalue weighted by molar-refractivity contribution is -0.120. The van der Waals surface area contributed by atoms with Crippen molar-refractivity contribution in [1.82, 2.24) is 34.7 Å². The maximum absolute atomic E-state index is 15.5. The Morgan fingerprint density at radius 1 is 1.05 bits per heavy atom. The zero-order valence-corrected chi connectivity index (χ0v) is 24.1. The van der Waals surface area contributed by atoms with Crippen molar-refractivity contribution in [2.75, 3.05) is 5.32 Å². The zero-order chi connectivity index (χ0) is 29.7. The first kappa shape index (κ1) is 25.8. The number of nitrogens with zero attached hydrogens (tertiary/aromatic N) is 6. The van der Waals surface area contributed by atoms with Gasteiger partial charge in [0, 0.05) is 45.4 Å². The molecule has 2 fully saturated rings. The molecular weight excluding hydrogens is 583 g/mol. The van der Waals surface area contributed by atoms with Crippen LogP contribution >= 0.6 is 11.6 Å². The lowest BCUT2D eigenvalue weighted by Crippen LogP contribution is -2.30. The number of imidazole rings is 1. The van der Waals surface area contributed by atoms with E-state index in [0.717, 1.165) is 35.3 Å². The number of carbonyl (C=O) groups excluding carboxylic acids is 1. The van der Waals surface area contributed by atoms with Gasteiger partial charge in [0.05, 0.1) is 11.7 Å². The van der Waals surface area contributed by atoms with Gasteiger partial charge in [0.25, 0.3) is 5.56 Å². The highest BCUT2D eigenvalue weighted by Crippen LogP contribution is 2.60. The van der Waals surface area contributed by atoms with Gasteiger partial charge in [-0.05, 0) is 89.1 Å². The van der Waals surface area contributed by atoms with E-state index in [0.29, 0.717) is 40.0 Å². The zero-order valence-electron chi connectivity index (χ0n) is 23.4. The molecule has 9 rings (SSSR count). The third kappa shape index (κ3) is 4.13. The number of aromatic nitrogens is 7. The molecule has 5 aromatic rings. The summed E-state index contributed by atoms with van der Waals surface area (Å²) in [5.74, 6) is 0.884. The van der Waals surface area contributed by atoms with Gasteiger partial charge in [0.1, 0.15) is 17.8 Å². The van der Waals surface area contributed by atoms with Crippen molar-refractivity contribution in [3.8, 4) is 28.1 Å². The van der Waals surface area contributed by atoms with Gasteiger partial charge in [0.2, 0.25) is 11.9 Å². The minimum atomic E-state index is -0.533. The largest absolute Gasteiger partial charge is 0.326 e. The average Bonchev–Trinajstić information content (AvgIpc) is 3.85. The molecule has 10 nitrogen and oxygen atoms in total. The molecule has 12 heteroatoms. The number of hydrogen-bond donors (Lipinski definition) is 2. The van der Waals surface area contributed by atoms with Crippen LogP contribution in [-0.2, 0) is 11.2 Å². The Balaban J connectivity index is 1.06. The second-order valence-electron chi connectivity index (χ2n) is 12.5. The Bertz CT molecular complexity index is 2050. The molecule has 0 saturated heterocycles. The molecule has 3 aromatic heterocycles. The molecule has 0 radical (unpaired) electrons. The van der Waals surface area contributed by atoms with Gasteiger partial charge in [-0.3, -0.25) is 9.59 Å². The number of fused-ring (bicyclic) bond motifs is 4. The van der Waals surface area contributed by atoms with E-state index in [1.54, 1.807) is 28.8 Å². The second-order valence-corrected chi connectivity index (χ2v) is 12.9. The number of carbonyl (C=O) groups is 1. The number of halogens is 2. The molecule has 4 aliphatic rings. The highest BCUT2D eigenvalue weighted by Gasteiger charge is 2.54. The normalized spacial score (nSPS) is 23.2. The fourth-order valence-electron chi connectivity index (χ4n) is 7.24. The van der Waals surface area contributed by atoms with E-state index in [9.17, 15) is 9.59 Å². The van der Waals surface area contributed by atoms with E-state index in [-0.39, 0.29) is 34.9 Å². The fraction of sp³-hybridized carbons (Fsp3) is 0.312. The summed E-state index contributed by atoms with van der Waals surface area (Å²) in [6, 6.07) is 14.1. The smallest absolute Gasteiger partial charge is 0.252 e. The average molecular weight is 609 g/mol. The van der Waals surface area contributed by atoms with Crippen molar-refractivity contribution in [3.05, 3.63) is 93.3 Å². The lowest BCUT2D eigenvalue weighted by atomic mass is 9.88. The Kier molecular flexibility index (Phi) is 5.53. The number of hydrogen-bond acceptors (Lipinski definition) is 6. The van der Waals surface area contributed by atoms with Crippen molar-refractivity contribution in [3.63, 3.8) is 0 Å². The predicted octanol–water partition coefficient (Wildman–Crippen LogP) is 5.29. The maximum atomic E-state index is 15.5. The first-order valence-electron chi connectivity index (χ1n) is 14.9. The lowest BCUT2D eigenvalue weighted by Gasteiger charge is -2.25. The van der Waals surface area contributed by atoms with E-state index in [4.69, 9.17) is 16.6 Å². The highest BCUT2D eigenvalue weighted by molar-refractivity contribution is 6.31. The second kappa shape index (κ2) is 9.43. The molecule has 1 amide bonds. The van der Waals surface area contributed by atoms with E-state index in [1.807, 2.05) is 24.3 Å².